The second kappa shape index (κ2) is 4.65. The van der Waals surface area contributed by atoms with Crippen molar-refractivity contribution < 1.29 is 4.79 Å². The van der Waals surface area contributed by atoms with E-state index >= 15 is 0 Å². The fourth-order valence-electron chi connectivity index (χ4n) is 2.33. The lowest BCUT2D eigenvalue weighted by molar-refractivity contribution is -0.133. The van der Waals surface area contributed by atoms with Crippen LogP contribution < -0.4 is 0 Å². The lowest BCUT2D eigenvalue weighted by Gasteiger charge is -2.38. The number of likely N-dealkylation sites (N-methyl/N-ethyl adjacent to an activating group) is 1. The Bertz CT molecular complexity index is 229. The minimum absolute atomic E-state index is 0.156. The van der Waals surface area contributed by atoms with E-state index in [1.807, 2.05) is 20.8 Å². The molecule has 2 atom stereocenters. The molecule has 1 rings (SSSR count). The van der Waals surface area contributed by atoms with Crippen molar-refractivity contribution in [3.8, 4) is 0 Å². The molecule has 0 aromatic rings. The van der Waals surface area contributed by atoms with Crippen LogP contribution in [-0.4, -0.2) is 30.3 Å². The predicted molar refractivity (Wildman–Crippen MR) is 63.9 cm³/mol. The molecule has 2 unspecified atom stereocenters. The van der Waals surface area contributed by atoms with Gasteiger partial charge in [-0.2, -0.15) is 0 Å². The Labute approximate surface area is 94.0 Å². The van der Waals surface area contributed by atoms with Crippen molar-refractivity contribution in [2.75, 3.05) is 13.6 Å². The molecule has 0 aromatic carbocycles. The lowest BCUT2D eigenvalue weighted by atomic mass is 9.79. The number of carbonyl (C=O) groups is 1. The van der Waals surface area contributed by atoms with Gasteiger partial charge in [-0.15, -0.1) is 0 Å². The third-order valence-electron chi connectivity index (χ3n) is 3.60. The molecule has 0 amide bonds. The number of piperidine rings is 1. The summed E-state index contributed by atoms with van der Waals surface area (Å²) in [5.74, 6) is 1.15. The molecule has 0 aromatic heterocycles. The first-order valence-corrected chi connectivity index (χ1v) is 6.10. The average Bonchev–Trinajstić information content (AvgIpc) is 2.16. The largest absolute Gasteiger partial charge is 0.297 e. The maximum Gasteiger partial charge on any atom is 0.155 e. The van der Waals surface area contributed by atoms with Crippen molar-refractivity contribution in [3.63, 3.8) is 0 Å². The van der Waals surface area contributed by atoms with Crippen molar-refractivity contribution >= 4 is 5.78 Å². The van der Waals surface area contributed by atoms with Crippen molar-refractivity contribution in [2.45, 2.75) is 53.0 Å². The highest BCUT2D eigenvalue weighted by molar-refractivity contribution is 5.88. The fraction of sp³-hybridized carbons (Fsp3) is 0.923. The number of ketones is 1. The Morgan fingerprint density at radius 1 is 1.40 bits per heavy atom. The van der Waals surface area contributed by atoms with Crippen LogP contribution in [0.1, 0.15) is 47.0 Å². The van der Waals surface area contributed by atoms with Crippen LogP contribution >= 0.6 is 0 Å². The summed E-state index contributed by atoms with van der Waals surface area (Å²) >= 11 is 0. The minimum Gasteiger partial charge on any atom is -0.297 e. The maximum atomic E-state index is 12.2. The Morgan fingerprint density at radius 3 is 2.47 bits per heavy atom. The first-order valence-electron chi connectivity index (χ1n) is 6.10. The number of likely N-dealkylation sites (tertiary alicyclic amines) is 1. The third kappa shape index (κ3) is 3.04. The zero-order chi connectivity index (χ0) is 11.6. The molecule has 15 heavy (non-hydrogen) atoms. The highest BCUT2D eigenvalue weighted by Crippen LogP contribution is 2.29. The normalized spacial score (nSPS) is 29.1. The third-order valence-corrected chi connectivity index (χ3v) is 3.60. The Morgan fingerprint density at radius 2 is 2.00 bits per heavy atom. The van der Waals surface area contributed by atoms with E-state index in [1.54, 1.807) is 0 Å². The summed E-state index contributed by atoms with van der Waals surface area (Å²) < 4.78 is 0. The highest BCUT2D eigenvalue weighted by atomic mass is 16.1. The van der Waals surface area contributed by atoms with Crippen LogP contribution in [0.5, 0.6) is 0 Å². The number of hydrogen-bond acceptors (Lipinski definition) is 2. The van der Waals surface area contributed by atoms with Gasteiger partial charge in [-0.25, -0.2) is 0 Å². The maximum absolute atomic E-state index is 12.2. The molecule has 0 spiro atoms. The molecule has 0 bridgehead atoms. The van der Waals surface area contributed by atoms with E-state index in [1.165, 1.54) is 12.8 Å². The molecule has 0 aliphatic carbocycles. The van der Waals surface area contributed by atoms with E-state index in [0.29, 0.717) is 5.78 Å². The molecule has 2 heteroatoms. The van der Waals surface area contributed by atoms with Gasteiger partial charge in [-0.1, -0.05) is 34.1 Å². The van der Waals surface area contributed by atoms with Crippen molar-refractivity contribution in [2.24, 2.45) is 11.3 Å². The Kier molecular flexibility index (Phi) is 3.93. The molecular formula is C13H25NO. The summed E-state index contributed by atoms with van der Waals surface area (Å²) in [6, 6.07) is 0.156. The van der Waals surface area contributed by atoms with Gasteiger partial charge in [0, 0.05) is 5.41 Å². The Balaban J connectivity index is 2.70. The van der Waals surface area contributed by atoms with Gasteiger partial charge in [0.2, 0.25) is 0 Å². The van der Waals surface area contributed by atoms with Crippen molar-refractivity contribution in [3.05, 3.63) is 0 Å². The van der Waals surface area contributed by atoms with E-state index < -0.39 is 0 Å². The summed E-state index contributed by atoms with van der Waals surface area (Å²) in [4.78, 5) is 14.5. The van der Waals surface area contributed by atoms with Gasteiger partial charge < -0.3 is 0 Å². The van der Waals surface area contributed by atoms with Crippen molar-refractivity contribution in [1.29, 1.82) is 0 Å². The van der Waals surface area contributed by atoms with Gasteiger partial charge >= 0.3 is 0 Å². The predicted octanol–water partition coefficient (Wildman–Crippen LogP) is 2.72. The summed E-state index contributed by atoms with van der Waals surface area (Å²) in [5, 5.41) is 0. The lowest BCUT2D eigenvalue weighted by Crippen LogP contribution is -2.48. The Hall–Kier alpha value is -0.370. The topological polar surface area (TPSA) is 20.3 Å². The quantitative estimate of drug-likeness (QED) is 0.700. The molecule has 88 valence electrons. The summed E-state index contributed by atoms with van der Waals surface area (Å²) in [5.41, 5.74) is -0.200. The van der Waals surface area contributed by atoms with E-state index in [9.17, 15) is 4.79 Å². The standard InChI is InChI=1S/C13H25NO/c1-6-10-7-8-14(5)11(9-10)12(15)13(2,3)4/h10-11H,6-9H2,1-5H3. The second-order valence-electron chi connectivity index (χ2n) is 5.91. The van der Waals surface area contributed by atoms with Crippen molar-refractivity contribution in [1.82, 2.24) is 4.90 Å². The summed E-state index contributed by atoms with van der Waals surface area (Å²) in [6.07, 6.45) is 3.52. The number of nitrogens with zero attached hydrogens (tertiary/aromatic N) is 1. The zero-order valence-corrected chi connectivity index (χ0v) is 10.8. The molecule has 0 N–H and O–H groups in total. The second-order valence-corrected chi connectivity index (χ2v) is 5.91. The van der Waals surface area contributed by atoms with Crippen LogP contribution in [0.4, 0.5) is 0 Å². The average molecular weight is 211 g/mol. The van der Waals surface area contributed by atoms with Crippen LogP contribution in [0.25, 0.3) is 0 Å². The molecule has 1 saturated heterocycles. The monoisotopic (exact) mass is 211 g/mol. The minimum atomic E-state index is -0.200. The van der Waals surface area contributed by atoms with Gasteiger partial charge in [0.15, 0.2) is 5.78 Å². The summed E-state index contributed by atoms with van der Waals surface area (Å²) in [6.45, 7) is 9.38. The van der Waals surface area contributed by atoms with Crippen LogP contribution in [0.3, 0.4) is 0 Å². The smallest absolute Gasteiger partial charge is 0.155 e. The van der Waals surface area contributed by atoms with Gasteiger partial charge in [-0.3, -0.25) is 9.69 Å². The van der Waals surface area contributed by atoms with Crippen LogP contribution in [0.2, 0.25) is 0 Å². The zero-order valence-electron chi connectivity index (χ0n) is 10.8. The van der Waals surface area contributed by atoms with E-state index in [4.69, 9.17) is 0 Å². The first-order chi connectivity index (χ1) is 6.86. The number of rotatable bonds is 2. The van der Waals surface area contributed by atoms with Gasteiger partial charge in [0.25, 0.3) is 0 Å². The van der Waals surface area contributed by atoms with Crippen LogP contribution in [-0.2, 0) is 4.79 Å². The fourth-order valence-corrected chi connectivity index (χ4v) is 2.33. The van der Waals surface area contributed by atoms with E-state index in [-0.39, 0.29) is 11.5 Å². The molecule has 2 nitrogen and oxygen atoms in total. The highest BCUT2D eigenvalue weighted by Gasteiger charge is 2.35. The van der Waals surface area contributed by atoms with Gasteiger partial charge in [0.05, 0.1) is 6.04 Å². The molecule has 1 aliphatic rings. The van der Waals surface area contributed by atoms with Crippen LogP contribution in [0, 0.1) is 11.3 Å². The number of carbonyl (C=O) groups excluding carboxylic acids is 1. The van der Waals surface area contributed by atoms with Gasteiger partial charge in [-0.05, 0) is 32.4 Å². The molecule has 1 heterocycles. The van der Waals surface area contributed by atoms with Crippen LogP contribution in [0.15, 0.2) is 0 Å². The molecule has 1 aliphatic heterocycles. The van der Waals surface area contributed by atoms with E-state index in [2.05, 4.69) is 18.9 Å². The molecular weight excluding hydrogens is 186 g/mol. The molecule has 0 radical (unpaired) electrons. The molecule has 0 saturated carbocycles. The number of Topliss-reactive ketones (excluding diaryl/α,β-unsaturated/α-hetero) is 1. The van der Waals surface area contributed by atoms with Gasteiger partial charge in [0.1, 0.15) is 0 Å². The SMILES string of the molecule is CCC1CCN(C)C(C(=O)C(C)(C)C)C1. The molecule has 1 fully saturated rings. The summed E-state index contributed by atoms with van der Waals surface area (Å²) in [7, 11) is 2.08. The number of hydrogen-bond donors (Lipinski definition) is 0. The van der Waals surface area contributed by atoms with E-state index in [0.717, 1.165) is 18.9 Å². The first kappa shape index (κ1) is 12.7.